The highest BCUT2D eigenvalue weighted by Gasteiger charge is 2.21. The van der Waals surface area contributed by atoms with Crippen LogP contribution in [0.15, 0.2) is 30.3 Å². The molecule has 0 saturated carbocycles. The van der Waals surface area contributed by atoms with Gasteiger partial charge >= 0.3 is 0 Å². The summed E-state index contributed by atoms with van der Waals surface area (Å²) >= 11 is 6.17. The molecular formula is C16H19ClN2O. The first-order valence-corrected chi connectivity index (χ1v) is 7.12. The third-order valence-electron chi connectivity index (χ3n) is 3.81. The van der Waals surface area contributed by atoms with Crippen LogP contribution in [0.2, 0.25) is 5.15 Å². The zero-order chi connectivity index (χ0) is 14.9. The van der Waals surface area contributed by atoms with Crippen LogP contribution >= 0.6 is 11.6 Å². The minimum atomic E-state index is -0.0983. The second kappa shape index (κ2) is 5.80. The molecule has 0 aliphatic heterocycles. The Labute approximate surface area is 124 Å². The van der Waals surface area contributed by atoms with Gasteiger partial charge in [0.05, 0.1) is 0 Å². The fourth-order valence-corrected chi connectivity index (χ4v) is 2.34. The number of hydrogen-bond donors (Lipinski definition) is 0. The zero-order valence-electron chi connectivity index (χ0n) is 12.2. The predicted molar refractivity (Wildman–Crippen MR) is 83.1 cm³/mol. The van der Waals surface area contributed by atoms with Gasteiger partial charge in [-0.05, 0) is 24.3 Å². The molecule has 3 nitrogen and oxygen atoms in total. The molecule has 106 valence electrons. The maximum atomic E-state index is 12.5. The lowest BCUT2D eigenvalue weighted by Gasteiger charge is -2.27. The van der Waals surface area contributed by atoms with E-state index in [2.05, 4.69) is 18.8 Å². The Morgan fingerprint density at radius 3 is 2.55 bits per heavy atom. The van der Waals surface area contributed by atoms with Crippen molar-refractivity contribution in [3.63, 3.8) is 0 Å². The lowest BCUT2D eigenvalue weighted by molar-refractivity contribution is 0.0701. The van der Waals surface area contributed by atoms with Gasteiger partial charge in [0.15, 0.2) is 0 Å². The molecule has 2 aromatic rings. The molecule has 0 aliphatic rings. The standard InChI is InChI=1S/C16H19ClN2O/c1-10(2)11(3)19(4)16(20)14-9-12-7-5-6-8-13(12)15(17)18-14/h5-11H,1-4H3/t11-/m1/s1. The number of carbonyl (C=O) groups excluding carboxylic acids is 1. The van der Waals surface area contributed by atoms with Gasteiger partial charge in [-0.25, -0.2) is 4.98 Å². The minimum Gasteiger partial charge on any atom is -0.337 e. The molecule has 0 radical (unpaired) electrons. The largest absolute Gasteiger partial charge is 0.337 e. The minimum absolute atomic E-state index is 0.0983. The Morgan fingerprint density at radius 2 is 1.90 bits per heavy atom. The monoisotopic (exact) mass is 290 g/mol. The molecule has 0 N–H and O–H groups in total. The van der Waals surface area contributed by atoms with Crippen LogP contribution in [0.3, 0.4) is 0 Å². The van der Waals surface area contributed by atoms with Crippen molar-refractivity contribution in [1.29, 1.82) is 0 Å². The van der Waals surface area contributed by atoms with Crippen LogP contribution in [-0.2, 0) is 0 Å². The van der Waals surface area contributed by atoms with Crippen molar-refractivity contribution in [2.45, 2.75) is 26.8 Å². The van der Waals surface area contributed by atoms with Crippen molar-refractivity contribution in [3.05, 3.63) is 41.2 Å². The van der Waals surface area contributed by atoms with Gasteiger partial charge in [-0.15, -0.1) is 0 Å². The summed E-state index contributed by atoms with van der Waals surface area (Å²) in [5, 5.41) is 2.17. The number of carbonyl (C=O) groups is 1. The summed E-state index contributed by atoms with van der Waals surface area (Å²) in [6, 6.07) is 9.62. The van der Waals surface area contributed by atoms with Crippen LogP contribution in [0.5, 0.6) is 0 Å². The third kappa shape index (κ3) is 2.78. The Morgan fingerprint density at radius 1 is 1.25 bits per heavy atom. The molecule has 1 aromatic carbocycles. The summed E-state index contributed by atoms with van der Waals surface area (Å²) in [7, 11) is 1.80. The van der Waals surface area contributed by atoms with Crippen LogP contribution in [-0.4, -0.2) is 28.9 Å². The van der Waals surface area contributed by atoms with Gasteiger partial charge in [-0.2, -0.15) is 0 Å². The summed E-state index contributed by atoms with van der Waals surface area (Å²) in [6.07, 6.45) is 0. The maximum Gasteiger partial charge on any atom is 0.272 e. The Balaban J connectivity index is 2.40. The number of benzene rings is 1. The molecule has 0 unspecified atom stereocenters. The lowest BCUT2D eigenvalue weighted by atomic mass is 10.0. The molecule has 1 amide bonds. The van der Waals surface area contributed by atoms with E-state index in [-0.39, 0.29) is 11.9 Å². The highest BCUT2D eigenvalue weighted by molar-refractivity contribution is 6.34. The lowest BCUT2D eigenvalue weighted by Crippen LogP contribution is -2.38. The molecule has 1 aromatic heterocycles. The number of halogens is 1. The van der Waals surface area contributed by atoms with Gasteiger partial charge in [0, 0.05) is 18.5 Å². The van der Waals surface area contributed by atoms with E-state index in [1.807, 2.05) is 31.2 Å². The van der Waals surface area contributed by atoms with Gasteiger partial charge in [-0.1, -0.05) is 49.7 Å². The molecule has 0 spiro atoms. The van der Waals surface area contributed by atoms with E-state index in [9.17, 15) is 4.79 Å². The summed E-state index contributed by atoms with van der Waals surface area (Å²) in [6.45, 7) is 6.22. The van der Waals surface area contributed by atoms with Gasteiger partial charge in [-0.3, -0.25) is 4.79 Å². The topological polar surface area (TPSA) is 33.2 Å². The SMILES string of the molecule is CC(C)[C@@H](C)N(C)C(=O)c1cc2ccccc2c(Cl)n1. The number of amides is 1. The van der Waals surface area contributed by atoms with Crippen molar-refractivity contribution >= 4 is 28.3 Å². The second-order valence-electron chi connectivity index (χ2n) is 5.42. The smallest absolute Gasteiger partial charge is 0.272 e. The van der Waals surface area contributed by atoms with Crippen LogP contribution in [0.4, 0.5) is 0 Å². The van der Waals surface area contributed by atoms with Gasteiger partial charge in [0.1, 0.15) is 10.8 Å². The summed E-state index contributed by atoms with van der Waals surface area (Å²) in [5.74, 6) is 0.290. The highest BCUT2D eigenvalue weighted by atomic mass is 35.5. The summed E-state index contributed by atoms with van der Waals surface area (Å²) in [5.41, 5.74) is 0.392. The molecule has 1 atom stereocenters. The third-order valence-corrected chi connectivity index (χ3v) is 4.10. The number of hydrogen-bond acceptors (Lipinski definition) is 2. The first-order chi connectivity index (χ1) is 9.41. The van der Waals surface area contributed by atoms with Crippen LogP contribution in [0.1, 0.15) is 31.3 Å². The van der Waals surface area contributed by atoms with Crippen LogP contribution < -0.4 is 0 Å². The van der Waals surface area contributed by atoms with Gasteiger partial charge < -0.3 is 4.90 Å². The molecule has 0 saturated heterocycles. The van der Waals surface area contributed by atoms with E-state index >= 15 is 0 Å². The van der Waals surface area contributed by atoms with Gasteiger partial charge in [0.2, 0.25) is 0 Å². The van der Waals surface area contributed by atoms with E-state index in [1.54, 1.807) is 18.0 Å². The number of aromatic nitrogens is 1. The Bertz CT molecular complexity index is 639. The zero-order valence-corrected chi connectivity index (χ0v) is 13.0. The van der Waals surface area contributed by atoms with Crippen molar-refractivity contribution in [2.24, 2.45) is 5.92 Å². The molecular weight excluding hydrogens is 272 g/mol. The molecule has 2 rings (SSSR count). The first kappa shape index (κ1) is 14.8. The average Bonchev–Trinajstić information content (AvgIpc) is 2.44. The molecule has 0 aliphatic carbocycles. The molecule has 0 fully saturated rings. The first-order valence-electron chi connectivity index (χ1n) is 6.74. The van der Waals surface area contributed by atoms with Crippen molar-refractivity contribution in [3.8, 4) is 0 Å². The molecule has 4 heteroatoms. The molecule has 1 heterocycles. The van der Waals surface area contributed by atoms with E-state index < -0.39 is 0 Å². The number of nitrogens with zero attached hydrogens (tertiary/aromatic N) is 2. The fourth-order valence-electron chi connectivity index (χ4n) is 2.08. The number of pyridine rings is 1. The maximum absolute atomic E-state index is 12.5. The van der Waals surface area contributed by atoms with Crippen molar-refractivity contribution < 1.29 is 4.79 Å². The van der Waals surface area contributed by atoms with E-state index in [1.165, 1.54) is 0 Å². The van der Waals surface area contributed by atoms with Crippen molar-refractivity contribution in [2.75, 3.05) is 7.05 Å². The number of rotatable bonds is 3. The summed E-state index contributed by atoms with van der Waals surface area (Å²) < 4.78 is 0. The quantitative estimate of drug-likeness (QED) is 0.800. The molecule has 0 bridgehead atoms. The average molecular weight is 291 g/mol. The highest BCUT2D eigenvalue weighted by Crippen LogP contribution is 2.23. The van der Waals surface area contributed by atoms with E-state index in [4.69, 9.17) is 11.6 Å². The summed E-state index contributed by atoms with van der Waals surface area (Å²) in [4.78, 5) is 18.4. The van der Waals surface area contributed by atoms with Crippen LogP contribution in [0, 0.1) is 5.92 Å². The number of fused-ring (bicyclic) bond motifs is 1. The van der Waals surface area contributed by atoms with Gasteiger partial charge in [0.25, 0.3) is 5.91 Å². The normalized spacial score (nSPS) is 12.7. The Kier molecular flexibility index (Phi) is 4.29. The predicted octanol–water partition coefficient (Wildman–Crippen LogP) is 4.00. The van der Waals surface area contributed by atoms with Crippen LogP contribution in [0.25, 0.3) is 10.8 Å². The Hall–Kier alpha value is -1.61. The second-order valence-corrected chi connectivity index (χ2v) is 5.78. The fraction of sp³-hybridized carbons (Fsp3) is 0.375. The molecule has 20 heavy (non-hydrogen) atoms. The van der Waals surface area contributed by atoms with E-state index in [0.717, 1.165) is 10.8 Å². The van der Waals surface area contributed by atoms with Crippen molar-refractivity contribution in [1.82, 2.24) is 9.88 Å². The van der Waals surface area contributed by atoms with E-state index in [0.29, 0.717) is 16.8 Å².